The standard InChI is InChI=1S/C7H6ClNOS/c8-5-2-1-3-6(4-5)11-7(9)10/h1-4H,(H2,9,10). The van der Waals surface area contributed by atoms with Gasteiger partial charge in [-0.15, -0.1) is 0 Å². The molecular formula is C7H6ClNOS. The predicted octanol–water partition coefficient (Wildman–Crippen LogP) is 2.51. The molecule has 0 unspecified atom stereocenters. The van der Waals surface area contributed by atoms with Gasteiger partial charge in [-0.1, -0.05) is 17.7 Å². The fourth-order valence-electron chi connectivity index (χ4n) is 0.647. The summed E-state index contributed by atoms with van der Waals surface area (Å²) in [5, 5.41) is 0.184. The number of hydrogen-bond donors (Lipinski definition) is 1. The van der Waals surface area contributed by atoms with Crippen LogP contribution in [0.4, 0.5) is 4.79 Å². The van der Waals surface area contributed by atoms with Crippen LogP contribution in [0.25, 0.3) is 0 Å². The number of thioether (sulfide) groups is 1. The monoisotopic (exact) mass is 187 g/mol. The molecule has 58 valence electrons. The van der Waals surface area contributed by atoms with E-state index in [2.05, 4.69) is 0 Å². The van der Waals surface area contributed by atoms with Crippen LogP contribution >= 0.6 is 23.4 Å². The Morgan fingerprint density at radius 1 is 1.55 bits per heavy atom. The zero-order valence-corrected chi connectivity index (χ0v) is 7.15. The molecule has 1 aromatic carbocycles. The topological polar surface area (TPSA) is 43.1 Å². The second kappa shape index (κ2) is 3.64. The number of carbonyl (C=O) groups excluding carboxylic acids is 1. The van der Waals surface area contributed by atoms with Crippen LogP contribution in [0, 0.1) is 0 Å². The lowest BCUT2D eigenvalue weighted by atomic mass is 10.4. The summed E-state index contributed by atoms with van der Waals surface area (Å²) < 4.78 is 0. The molecule has 0 heterocycles. The molecule has 0 aliphatic heterocycles. The summed E-state index contributed by atoms with van der Waals surface area (Å²) >= 11 is 6.63. The minimum atomic E-state index is -0.424. The SMILES string of the molecule is NC(=O)Sc1cccc(Cl)c1. The van der Waals surface area contributed by atoms with E-state index in [4.69, 9.17) is 17.3 Å². The molecule has 0 spiro atoms. The molecular weight excluding hydrogens is 182 g/mol. The van der Waals surface area contributed by atoms with Gasteiger partial charge in [0.15, 0.2) is 0 Å². The quantitative estimate of drug-likeness (QED) is 0.687. The third-order valence-electron chi connectivity index (χ3n) is 1.01. The summed E-state index contributed by atoms with van der Waals surface area (Å²) in [6.07, 6.45) is 0. The van der Waals surface area contributed by atoms with E-state index < -0.39 is 5.24 Å². The lowest BCUT2D eigenvalue weighted by Gasteiger charge is -1.95. The van der Waals surface area contributed by atoms with Gasteiger partial charge in [-0.25, -0.2) is 0 Å². The van der Waals surface area contributed by atoms with Gasteiger partial charge in [0, 0.05) is 9.92 Å². The molecule has 4 heteroatoms. The molecule has 0 aliphatic carbocycles. The van der Waals surface area contributed by atoms with Crippen molar-refractivity contribution in [3.8, 4) is 0 Å². The summed E-state index contributed by atoms with van der Waals surface area (Å²) in [5.41, 5.74) is 4.96. The predicted molar refractivity (Wildman–Crippen MR) is 46.9 cm³/mol. The number of amides is 1. The summed E-state index contributed by atoms with van der Waals surface area (Å²) in [7, 11) is 0. The molecule has 1 rings (SSSR count). The Kier molecular flexibility index (Phi) is 2.79. The molecule has 0 aromatic heterocycles. The number of nitrogens with two attached hydrogens (primary N) is 1. The molecule has 0 saturated carbocycles. The van der Waals surface area contributed by atoms with E-state index >= 15 is 0 Å². The van der Waals surface area contributed by atoms with E-state index in [-0.39, 0.29) is 0 Å². The third kappa shape index (κ3) is 2.82. The van der Waals surface area contributed by atoms with Crippen molar-refractivity contribution >= 4 is 28.6 Å². The Morgan fingerprint density at radius 3 is 2.82 bits per heavy atom. The molecule has 1 aromatic rings. The van der Waals surface area contributed by atoms with Crippen molar-refractivity contribution in [2.75, 3.05) is 0 Å². The fourth-order valence-corrected chi connectivity index (χ4v) is 1.47. The average Bonchev–Trinajstić information content (AvgIpc) is 1.85. The van der Waals surface area contributed by atoms with E-state index in [1.165, 1.54) is 0 Å². The molecule has 2 N–H and O–H groups in total. The lowest BCUT2D eigenvalue weighted by Crippen LogP contribution is -2.01. The number of rotatable bonds is 1. The van der Waals surface area contributed by atoms with Gasteiger partial charge in [0.25, 0.3) is 5.24 Å². The molecule has 0 fully saturated rings. The van der Waals surface area contributed by atoms with Crippen molar-refractivity contribution in [2.45, 2.75) is 4.90 Å². The van der Waals surface area contributed by atoms with Crippen LogP contribution in [0.5, 0.6) is 0 Å². The average molecular weight is 188 g/mol. The van der Waals surface area contributed by atoms with Crippen LogP contribution in [-0.2, 0) is 0 Å². The first-order chi connectivity index (χ1) is 5.18. The number of halogens is 1. The van der Waals surface area contributed by atoms with E-state index in [9.17, 15) is 4.79 Å². The zero-order chi connectivity index (χ0) is 8.27. The lowest BCUT2D eigenvalue weighted by molar-refractivity contribution is 0.267. The largest absolute Gasteiger partial charge is 0.360 e. The van der Waals surface area contributed by atoms with Crippen LogP contribution in [0.1, 0.15) is 0 Å². The number of primary amides is 1. The first-order valence-corrected chi connectivity index (χ1v) is 4.11. The van der Waals surface area contributed by atoms with Crippen molar-refractivity contribution in [3.05, 3.63) is 29.3 Å². The number of hydrogen-bond acceptors (Lipinski definition) is 2. The van der Waals surface area contributed by atoms with Gasteiger partial charge in [-0.2, -0.15) is 0 Å². The maximum Gasteiger partial charge on any atom is 0.281 e. The molecule has 0 saturated heterocycles. The normalized spacial score (nSPS) is 9.55. The molecule has 11 heavy (non-hydrogen) atoms. The molecule has 0 radical (unpaired) electrons. The zero-order valence-electron chi connectivity index (χ0n) is 5.58. The van der Waals surface area contributed by atoms with Crippen molar-refractivity contribution < 1.29 is 4.79 Å². The Morgan fingerprint density at radius 2 is 2.27 bits per heavy atom. The highest BCUT2D eigenvalue weighted by atomic mass is 35.5. The second-order valence-corrected chi connectivity index (χ2v) is 3.39. The Labute approximate surface area is 73.7 Å². The summed E-state index contributed by atoms with van der Waals surface area (Å²) in [6.45, 7) is 0. The minimum absolute atomic E-state index is 0.424. The Balaban J connectivity index is 2.79. The van der Waals surface area contributed by atoms with E-state index in [0.717, 1.165) is 16.7 Å². The second-order valence-electron chi connectivity index (χ2n) is 1.88. The van der Waals surface area contributed by atoms with Crippen molar-refractivity contribution in [1.82, 2.24) is 0 Å². The van der Waals surface area contributed by atoms with Gasteiger partial charge < -0.3 is 5.73 Å². The van der Waals surface area contributed by atoms with Crippen LogP contribution in [-0.4, -0.2) is 5.24 Å². The van der Waals surface area contributed by atoms with Crippen molar-refractivity contribution in [1.29, 1.82) is 0 Å². The first kappa shape index (κ1) is 8.43. The summed E-state index contributed by atoms with van der Waals surface area (Å²) in [4.78, 5) is 11.2. The summed E-state index contributed by atoms with van der Waals surface area (Å²) in [6, 6.07) is 6.98. The summed E-state index contributed by atoms with van der Waals surface area (Å²) in [5.74, 6) is 0. The van der Waals surface area contributed by atoms with Gasteiger partial charge in [-0.3, -0.25) is 4.79 Å². The maximum absolute atomic E-state index is 10.4. The third-order valence-corrected chi connectivity index (χ3v) is 1.94. The number of benzene rings is 1. The fraction of sp³-hybridized carbons (Fsp3) is 0. The smallest absolute Gasteiger partial charge is 0.281 e. The van der Waals surface area contributed by atoms with Gasteiger partial charge in [-0.05, 0) is 30.0 Å². The van der Waals surface area contributed by atoms with Gasteiger partial charge >= 0.3 is 0 Å². The van der Waals surface area contributed by atoms with Crippen LogP contribution in [0.3, 0.4) is 0 Å². The van der Waals surface area contributed by atoms with E-state index in [1.54, 1.807) is 24.3 Å². The van der Waals surface area contributed by atoms with Crippen LogP contribution in [0.15, 0.2) is 29.2 Å². The van der Waals surface area contributed by atoms with Crippen LogP contribution < -0.4 is 5.73 Å². The van der Waals surface area contributed by atoms with Crippen molar-refractivity contribution in [2.24, 2.45) is 5.73 Å². The first-order valence-electron chi connectivity index (χ1n) is 2.91. The molecule has 0 atom stereocenters. The van der Waals surface area contributed by atoms with Crippen molar-refractivity contribution in [3.63, 3.8) is 0 Å². The maximum atomic E-state index is 10.4. The van der Waals surface area contributed by atoms with Crippen LogP contribution in [0.2, 0.25) is 5.02 Å². The highest BCUT2D eigenvalue weighted by molar-refractivity contribution is 8.13. The highest BCUT2D eigenvalue weighted by Gasteiger charge is 1.98. The minimum Gasteiger partial charge on any atom is -0.360 e. The molecule has 2 nitrogen and oxygen atoms in total. The molecule has 0 aliphatic rings. The molecule has 0 bridgehead atoms. The Hall–Kier alpha value is -0.670. The van der Waals surface area contributed by atoms with Gasteiger partial charge in [0.1, 0.15) is 0 Å². The highest BCUT2D eigenvalue weighted by Crippen LogP contribution is 2.20. The number of carbonyl (C=O) groups is 1. The van der Waals surface area contributed by atoms with E-state index in [0.29, 0.717) is 5.02 Å². The van der Waals surface area contributed by atoms with Gasteiger partial charge in [0.05, 0.1) is 0 Å². The van der Waals surface area contributed by atoms with Gasteiger partial charge in [0.2, 0.25) is 0 Å². The van der Waals surface area contributed by atoms with E-state index in [1.807, 2.05) is 0 Å². The Bertz CT molecular complexity index is 277. The molecule has 1 amide bonds.